The minimum Gasteiger partial charge on any atom is -0.335 e. The molecule has 0 spiro atoms. The van der Waals surface area contributed by atoms with E-state index in [1.54, 1.807) is 0 Å². The zero-order chi connectivity index (χ0) is 17.2. The average molecular weight is 326 g/mol. The Bertz CT molecular complexity index is 680. The van der Waals surface area contributed by atoms with Crippen LogP contribution in [0.2, 0.25) is 0 Å². The van der Waals surface area contributed by atoms with Crippen LogP contribution in [-0.2, 0) is 7.05 Å². The van der Waals surface area contributed by atoms with Gasteiger partial charge < -0.3 is 5.32 Å². The molecule has 1 unspecified atom stereocenters. The van der Waals surface area contributed by atoms with Crippen LogP contribution in [0.1, 0.15) is 47.6 Å². The van der Waals surface area contributed by atoms with E-state index in [0.29, 0.717) is 5.69 Å². The van der Waals surface area contributed by atoms with Gasteiger partial charge in [-0.3, -0.25) is 14.5 Å². The lowest BCUT2D eigenvalue weighted by molar-refractivity contribution is -0.155. The molecule has 1 amide bonds. The number of hydrogen-bond acceptors (Lipinski definition) is 3. The van der Waals surface area contributed by atoms with Gasteiger partial charge in [-0.2, -0.15) is 18.3 Å². The monoisotopic (exact) mass is 326 g/mol. The number of carbonyl (C=O) groups excluding carboxylic acids is 1. The second-order valence-electron chi connectivity index (χ2n) is 5.47. The summed E-state index contributed by atoms with van der Waals surface area (Å²) in [6.45, 7) is 3.77. The van der Waals surface area contributed by atoms with E-state index < -0.39 is 18.1 Å². The maximum absolute atomic E-state index is 13.3. The number of pyridine rings is 1. The highest BCUT2D eigenvalue weighted by molar-refractivity contribution is 5.93. The highest BCUT2D eigenvalue weighted by Crippen LogP contribution is 2.32. The summed E-state index contributed by atoms with van der Waals surface area (Å²) < 4.78 is 41.0. The van der Waals surface area contributed by atoms with E-state index in [4.69, 9.17) is 0 Å². The topological polar surface area (TPSA) is 59.8 Å². The summed E-state index contributed by atoms with van der Waals surface area (Å²) >= 11 is 0. The zero-order valence-corrected chi connectivity index (χ0v) is 12.9. The number of nitrogens with zero attached hydrogens (tertiary/aromatic N) is 3. The first kappa shape index (κ1) is 17.0. The van der Waals surface area contributed by atoms with Crippen LogP contribution in [0.25, 0.3) is 0 Å². The third-order valence-electron chi connectivity index (χ3n) is 3.34. The van der Waals surface area contributed by atoms with E-state index >= 15 is 0 Å². The number of rotatable bonds is 4. The van der Waals surface area contributed by atoms with E-state index in [1.807, 2.05) is 19.2 Å². The third-order valence-corrected chi connectivity index (χ3v) is 3.34. The smallest absolute Gasteiger partial charge is 0.335 e. The van der Waals surface area contributed by atoms with E-state index in [0.717, 1.165) is 6.20 Å². The molecule has 0 aliphatic heterocycles. The Morgan fingerprint density at radius 2 is 2.04 bits per heavy atom. The van der Waals surface area contributed by atoms with Gasteiger partial charge in [0.05, 0.1) is 5.69 Å². The van der Waals surface area contributed by atoms with Gasteiger partial charge in [0.25, 0.3) is 5.91 Å². The van der Waals surface area contributed by atoms with Gasteiger partial charge in [0.1, 0.15) is 5.69 Å². The third kappa shape index (κ3) is 3.88. The molecule has 2 aromatic heterocycles. The van der Waals surface area contributed by atoms with Crippen molar-refractivity contribution >= 4 is 5.91 Å². The van der Waals surface area contributed by atoms with Gasteiger partial charge in [-0.1, -0.05) is 19.9 Å². The van der Waals surface area contributed by atoms with E-state index in [9.17, 15) is 18.0 Å². The molecular weight excluding hydrogens is 309 g/mol. The number of aryl methyl sites for hydroxylation is 1. The normalized spacial score (nSPS) is 13.2. The fourth-order valence-electron chi connectivity index (χ4n) is 2.09. The highest BCUT2D eigenvalue weighted by Gasteiger charge is 2.42. The Kier molecular flexibility index (Phi) is 4.72. The molecule has 0 fully saturated rings. The molecule has 0 aliphatic rings. The number of halogens is 3. The van der Waals surface area contributed by atoms with Gasteiger partial charge in [-0.25, -0.2) is 0 Å². The van der Waals surface area contributed by atoms with Gasteiger partial charge in [0.15, 0.2) is 6.04 Å². The predicted molar refractivity (Wildman–Crippen MR) is 77.8 cm³/mol. The van der Waals surface area contributed by atoms with Crippen LogP contribution in [0.4, 0.5) is 13.2 Å². The Hall–Kier alpha value is -2.38. The van der Waals surface area contributed by atoms with Crippen molar-refractivity contribution < 1.29 is 18.0 Å². The van der Waals surface area contributed by atoms with Crippen molar-refractivity contribution in [2.75, 3.05) is 0 Å². The van der Waals surface area contributed by atoms with Crippen molar-refractivity contribution in [1.82, 2.24) is 20.1 Å². The molecular formula is C15H17F3N4O. The fraction of sp³-hybridized carbons (Fsp3) is 0.400. The Morgan fingerprint density at radius 3 is 2.52 bits per heavy atom. The minimum atomic E-state index is -4.63. The summed E-state index contributed by atoms with van der Waals surface area (Å²) in [5.74, 6) is -0.766. The van der Waals surface area contributed by atoms with Crippen LogP contribution in [0, 0.1) is 0 Å². The summed E-state index contributed by atoms with van der Waals surface area (Å²) in [6, 6.07) is 2.03. The largest absolute Gasteiger partial charge is 0.412 e. The number of aromatic nitrogens is 3. The average Bonchev–Trinajstić information content (AvgIpc) is 2.86. The van der Waals surface area contributed by atoms with Crippen LogP contribution >= 0.6 is 0 Å². The zero-order valence-electron chi connectivity index (χ0n) is 12.9. The van der Waals surface area contributed by atoms with Gasteiger partial charge in [-0.05, 0) is 18.1 Å². The van der Waals surface area contributed by atoms with Crippen molar-refractivity contribution in [3.63, 3.8) is 0 Å². The van der Waals surface area contributed by atoms with Crippen LogP contribution in [0.3, 0.4) is 0 Å². The number of carbonyl (C=O) groups is 1. The molecule has 0 saturated carbocycles. The Morgan fingerprint density at radius 1 is 1.35 bits per heavy atom. The summed E-state index contributed by atoms with van der Waals surface area (Å²) in [5, 5.41) is 6.15. The summed E-state index contributed by atoms with van der Waals surface area (Å²) in [7, 11) is 1.52. The van der Waals surface area contributed by atoms with Crippen LogP contribution < -0.4 is 5.32 Å². The molecule has 0 radical (unpaired) electrons. The van der Waals surface area contributed by atoms with Crippen LogP contribution in [-0.4, -0.2) is 26.8 Å². The van der Waals surface area contributed by atoms with Gasteiger partial charge in [0.2, 0.25) is 0 Å². The molecule has 1 atom stereocenters. The van der Waals surface area contributed by atoms with Crippen LogP contribution in [0.5, 0.6) is 0 Å². The lowest BCUT2D eigenvalue weighted by atomic mass is 10.1. The molecule has 0 saturated heterocycles. The number of nitrogens with one attached hydrogen (secondary N) is 1. The van der Waals surface area contributed by atoms with Crippen molar-refractivity contribution in [3.05, 3.63) is 47.5 Å². The summed E-state index contributed by atoms with van der Waals surface area (Å²) in [5.41, 5.74) is 0.592. The first-order valence-corrected chi connectivity index (χ1v) is 7.01. The second kappa shape index (κ2) is 6.39. The second-order valence-corrected chi connectivity index (χ2v) is 5.47. The molecule has 1 N–H and O–H groups in total. The quantitative estimate of drug-likeness (QED) is 0.940. The van der Waals surface area contributed by atoms with Crippen molar-refractivity contribution in [1.29, 1.82) is 0 Å². The van der Waals surface area contributed by atoms with E-state index in [1.165, 1.54) is 36.1 Å². The molecule has 5 nitrogen and oxygen atoms in total. The standard InChI is InChI=1S/C15H17F3N4O/c1-9(2)11-7-12(22(3)21-11)14(23)20-13(15(16,17)18)10-5-4-6-19-8-10/h4-9,13H,1-3H3,(H,20,23). The SMILES string of the molecule is CC(C)c1cc(C(=O)NC(c2cccnc2)C(F)(F)F)n(C)n1. The highest BCUT2D eigenvalue weighted by atomic mass is 19.4. The van der Waals surface area contributed by atoms with Crippen LogP contribution in [0.15, 0.2) is 30.6 Å². The first-order chi connectivity index (χ1) is 10.7. The lowest BCUT2D eigenvalue weighted by Crippen LogP contribution is -2.38. The lowest BCUT2D eigenvalue weighted by Gasteiger charge is -2.21. The summed E-state index contributed by atoms with van der Waals surface area (Å²) in [6.07, 6.45) is -2.17. The van der Waals surface area contributed by atoms with E-state index in [-0.39, 0.29) is 17.2 Å². The molecule has 2 heterocycles. The molecule has 0 bridgehead atoms. The maximum atomic E-state index is 13.3. The molecule has 23 heavy (non-hydrogen) atoms. The maximum Gasteiger partial charge on any atom is 0.412 e. The number of amides is 1. The van der Waals surface area contributed by atoms with E-state index in [2.05, 4.69) is 10.1 Å². The number of alkyl halides is 3. The Labute approximate surface area is 131 Å². The molecule has 2 rings (SSSR count). The fourth-order valence-corrected chi connectivity index (χ4v) is 2.09. The molecule has 8 heteroatoms. The van der Waals surface area contributed by atoms with Crippen molar-refractivity contribution in [2.45, 2.75) is 32.0 Å². The molecule has 0 aliphatic carbocycles. The first-order valence-electron chi connectivity index (χ1n) is 7.01. The molecule has 2 aromatic rings. The molecule has 0 aromatic carbocycles. The predicted octanol–water partition coefficient (Wildman–Crippen LogP) is 2.97. The van der Waals surface area contributed by atoms with Crippen molar-refractivity contribution in [2.24, 2.45) is 7.05 Å². The summed E-state index contributed by atoms with van der Waals surface area (Å²) in [4.78, 5) is 15.9. The Balaban J connectivity index is 2.28. The number of hydrogen-bond donors (Lipinski definition) is 1. The van der Waals surface area contributed by atoms with Crippen molar-refractivity contribution in [3.8, 4) is 0 Å². The van der Waals surface area contributed by atoms with Gasteiger partial charge >= 0.3 is 6.18 Å². The van der Waals surface area contributed by atoms with Gasteiger partial charge in [-0.15, -0.1) is 0 Å². The van der Waals surface area contributed by atoms with Gasteiger partial charge in [0, 0.05) is 25.0 Å². The molecule has 124 valence electrons. The minimum absolute atomic E-state index is 0.0690.